The number of methoxy groups -OCH3 is 1. The van der Waals surface area contributed by atoms with Gasteiger partial charge in [0.2, 0.25) is 0 Å². The topological polar surface area (TPSA) is 55.4 Å². The maximum absolute atomic E-state index is 7.20. The predicted octanol–water partition coefficient (Wildman–Crippen LogP) is 8.60. The predicted molar refractivity (Wildman–Crippen MR) is 175 cm³/mol. The van der Waals surface area contributed by atoms with Crippen molar-refractivity contribution in [2.24, 2.45) is 0 Å². The molecule has 0 spiro atoms. The Morgan fingerprint density at radius 3 is 2.30 bits per heavy atom. The zero-order valence-corrected chi connectivity index (χ0v) is 28.5. The van der Waals surface area contributed by atoms with Crippen LogP contribution < -0.4 is 4.74 Å². The number of rotatable bonds is 12. The largest absolute Gasteiger partial charge is 0.497 e. The van der Waals surface area contributed by atoms with Gasteiger partial charge in [-0.15, -0.1) is 0 Å². The van der Waals surface area contributed by atoms with Crippen molar-refractivity contribution in [2.45, 2.75) is 128 Å². The van der Waals surface area contributed by atoms with Gasteiger partial charge < -0.3 is 28.1 Å². The first-order chi connectivity index (χ1) is 20.4. The van der Waals surface area contributed by atoms with E-state index in [-0.39, 0.29) is 29.5 Å². The fourth-order valence-corrected chi connectivity index (χ4v) is 7.52. The molecule has 0 N–H and O–H groups in total. The summed E-state index contributed by atoms with van der Waals surface area (Å²) in [6.07, 6.45) is 4.87. The van der Waals surface area contributed by atoms with Crippen LogP contribution in [0.15, 0.2) is 66.9 Å². The Morgan fingerprint density at radius 1 is 0.930 bits per heavy atom. The molecule has 2 aromatic carbocycles. The van der Waals surface area contributed by atoms with Crippen molar-refractivity contribution in [3.63, 3.8) is 0 Å². The second-order valence-corrected chi connectivity index (χ2v) is 18.6. The van der Waals surface area contributed by atoms with E-state index >= 15 is 0 Å². The molecule has 0 aliphatic carbocycles. The Labute approximate surface area is 261 Å². The Bertz CT molecular complexity index is 1140. The van der Waals surface area contributed by atoms with Crippen LogP contribution in [0, 0.1) is 0 Å². The molecule has 7 heteroatoms. The van der Waals surface area contributed by atoms with Crippen LogP contribution >= 0.6 is 0 Å². The Hall–Kier alpha value is -2.16. The molecular weight excluding hydrogens is 556 g/mol. The van der Waals surface area contributed by atoms with Gasteiger partial charge in [0.15, 0.2) is 8.32 Å². The third-order valence-corrected chi connectivity index (χ3v) is 14.1. The lowest BCUT2D eigenvalue weighted by molar-refractivity contribution is -0.130. The van der Waals surface area contributed by atoms with Crippen LogP contribution in [0.2, 0.25) is 18.1 Å². The monoisotopic (exact) mass is 610 g/mol. The van der Waals surface area contributed by atoms with Gasteiger partial charge >= 0.3 is 0 Å². The van der Waals surface area contributed by atoms with Crippen molar-refractivity contribution in [3.05, 3.63) is 78.1 Å². The van der Waals surface area contributed by atoms with E-state index in [0.29, 0.717) is 25.6 Å². The molecule has 238 valence electrons. The van der Waals surface area contributed by atoms with E-state index in [1.165, 1.54) is 5.56 Å². The lowest BCUT2D eigenvalue weighted by Crippen LogP contribution is -2.54. The van der Waals surface area contributed by atoms with Crippen LogP contribution in [-0.4, -0.2) is 52.1 Å². The zero-order valence-electron chi connectivity index (χ0n) is 27.5. The van der Waals surface area contributed by atoms with Gasteiger partial charge in [0.25, 0.3) is 0 Å². The van der Waals surface area contributed by atoms with Crippen molar-refractivity contribution in [2.75, 3.05) is 13.7 Å². The summed E-state index contributed by atoms with van der Waals surface area (Å²) in [4.78, 5) is 0. The normalized spacial score (nSPS) is 26.6. The van der Waals surface area contributed by atoms with E-state index in [2.05, 4.69) is 71.6 Å². The summed E-state index contributed by atoms with van der Waals surface area (Å²) in [6.45, 7) is 20.0. The molecular formula is C36H54O6Si. The van der Waals surface area contributed by atoms with Gasteiger partial charge in [0.05, 0.1) is 38.1 Å². The summed E-state index contributed by atoms with van der Waals surface area (Å²) in [7, 11) is -0.382. The molecule has 43 heavy (non-hydrogen) atoms. The second kappa shape index (κ2) is 14.7. The van der Waals surface area contributed by atoms with Crippen molar-refractivity contribution < 1.29 is 28.1 Å². The smallest absolute Gasteiger partial charge is 0.192 e. The van der Waals surface area contributed by atoms with Crippen molar-refractivity contribution in [3.8, 4) is 5.75 Å². The van der Waals surface area contributed by atoms with E-state index in [0.717, 1.165) is 49.8 Å². The summed E-state index contributed by atoms with van der Waals surface area (Å²) in [5, 5.41) is 0.106. The fourth-order valence-electron chi connectivity index (χ4n) is 5.81. The molecule has 2 aromatic rings. The fraction of sp³-hybridized carbons (Fsp3) is 0.611. The summed E-state index contributed by atoms with van der Waals surface area (Å²) in [6, 6.07) is 18.3. The van der Waals surface area contributed by atoms with Crippen LogP contribution in [0.25, 0.3) is 0 Å². The highest BCUT2D eigenvalue weighted by Gasteiger charge is 2.50. The molecule has 2 aliphatic heterocycles. The molecule has 2 heterocycles. The van der Waals surface area contributed by atoms with Crippen LogP contribution in [0.5, 0.6) is 5.75 Å². The standard InChI is InChI=1S/C36H54O6Si/c1-27-31(39-26-29-16-18-30(37-6)19-17-29)20-21-32-33(40-27)22-23-36(5,42-43(7,8)35(2,3)4)34(41-32)15-12-24-38-25-28-13-10-9-11-14-28/h9-11,13-14,16-19,31-34H,1,12,15,20-26H2,2-8H3/t31-,32+,33-,34-,36+/m1/s1. The lowest BCUT2D eigenvalue weighted by Gasteiger charge is -2.47. The summed E-state index contributed by atoms with van der Waals surface area (Å²) in [5.74, 6) is 1.54. The Kier molecular flexibility index (Phi) is 11.6. The minimum absolute atomic E-state index is 0.0357. The second-order valence-electron chi connectivity index (χ2n) is 13.9. The van der Waals surface area contributed by atoms with Gasteiger partial charge in [0, 0.05) is 6.61 Å². The highest BCUT2D eigenvalue weighted by atomic mass is 28.4. The third-order valence-electron chi connectivity index (χ3n) is 9.51. The molecule has 6 nitrogen and oxygen atoms in total. The van der Waals surface area contributed by atoms with Gasteiger partial charge in [-0.3, -0.25) is 0 Å². The molecule has 2 aliphatic rings. The van der Waals surface area contributed by atoms with Gasteiger partial charge in [0.1, 0.15) is 23.7 Å². The lowest BCUT2D eigenvalue weighted by atomic mass is 9.90. The van der Waals surface area contributed by atoms with E-state index in [1.807, 2.05) is 30.3 Å². The number of hydrogen-bond acceptors (Lipinski definition) is 6. The van der Waals surface area contributed by atoms with Crippen molar-refractivity contribution in [1.82, 2.24) is 0 Å². The van der Waals surface area contributed by atoms with Crippen molar-refractivity contribution in [1.29, 1.82) is 0 Å². The van der Waals surface area contributed by atoms with Crippen LogP contribution in [0.3, 0.4) is 0 Å². The number of ether oxygens (including phenoxy) is 5. The molecule has 5 atom stereocenters. The van der Waals surface area contributed by atoms with E-state index < -0.39 is 13.9 Å². The Morgan fingerprint density at radius 2 is 1.63 bits per heavy atom. The Balaban J connectivity index is 1.41. The maximum atomic E-state index is 7.20. The molecule has 4 rings (SSSR count). The summed E-state index contributed by atoms with van der Waals surface area (Å²) < 4.78 is 38.4. The van der Waals surface area contributed by atoms with Crippen molar-refractivity contribution >= 4 is 8.32 Å². The third kappa shape index (κ3) is 9.18. The molecule has 0 unspecified atom stereocenters. The zero-order chi connectivity index (χ0) is 31.1. The molecule has 0 saturated carbocycles. The first kappa shape index (κ1) is 33.7. The highest BCUT2D eigenvalue weighted by molar-refractivity contribution is 6.74. The van der Waals surface area contributed by atoms with E-state index in [4.69, 9.17) is 28.1 Å². The maximum Gasteiger partial charge on any atom is 0.192 e. The molecule has 2 fully saturated rings. The quantitative estimate of drug-likeness (QED) is 0.177. The van der Waals surface area contributed by atoms with Gasteiger partial charge in [-0.05, 0) is 86.8 Å². The molecule has 0 radical (unpaired) electrons. The van der Waals surface area contributed by atoms with Gasteiger partial charge in [-0.25, -0.2) is 0 Å². The van der Waals surface area contributed by atoms with E-state index in [1.54, 1.807) is 7.11 Å². The summed E-state index contributed by atoms with van der Waals surface area (Å²) in [5.41, 5.74) is 1.89. The average molecular weight is 611 g/mol. The SMILES string of the molecule is C=C1O[C@@H]2CC[C@](C)(O[Si](C)(C)C(C)(C)C)[C@@H](CCCOCc3ccccc3)O[C@H]2CC[C@H]1OCc1ccc(OC)cc1. The van der Waals surface area contributed by atoms with Crippen LogP contribution in [0.4, 0.5) is 0 Å². The molecule has 0 bridgehead atoms. The highest BCUT2D eigenvalue weighted by Crippen LogP contribution is 2.45. The minimum Gasteiger partial charge on any atom is -0.497 e. The number of fused-ring (bicyclic) bond motifs is 1. The van der Waals surface area contributed by atoms with Gasteiger partial charge in [-0.1, -0.05) is 69.8 Å². The van der Waals surface area contributed by atoms with Gasteiger partial charge in [-0.2, -0.15) is 0 Å². The summed E-state index contributed by atoms with van der Waals surface area (Å²) >= 11 is 0. The first-order valence-corrected chi connectivity index (χ1v) is 18.9. The number of benzene rings is 2. The minimum atomic E-state index is -2.06. The van der Waals surface area contributed by atoms with Crippen LogP contribution in [-0.2, 0) is 36.6 Å². The molecule has 0 amide bonds. The van der Waals surface area contributed by atoms with E-state index in [9.17, 15) is 0 Å². The average Bonchev–Trinajstić information content (AvgIpc) is 3.19. The molecule has 0 aromatic heterocycles. The molecule has 2 saturated heterocycles. The van der Waals surface area contributed by atoms with Crippen LogP contribution in [0.1, 0.15) is 77.3 Å². The number of hydrogen-bond donors (Lipinski definition) is 0. The first-order valence-electron chi connectivity index (χ1n) is 16.0.